The van der Waals surface area contributed by atoms with Gasteiger partial charge >= 0.3 is 0 Å². The van der Waals surface area contributed by atoms with Crippen molar-refractivity contribution in [2.24, 2.45) is 5.10 Å². The van der Waals surface area contributed by atoms with Crippen LogP contribution in [-0.4, -0.2) is 75.1 Å². The van der Waals surface area contributed by atoms with Crippen molar-refractivity contribution in [1.29, 1.82) is 0 Å². The summed E-state index contributed by atoms with van der Waals surface area (Å²) in [5.74, 6) is 0.226. The Hall–Kier alpha value is -3.23. The van der Waals surface area contributed by atoms with E-state index in [-0.39, 0.29) is 31.0 Å². The van der Waals surface area contributed by atoms with Crippen molar-refractivity contribution in [2.75, 3.05) is 47.6 Å². The summed E-state index contributed by atoms with van der Waals surface area (Å²) in [4.78, 5) is 27.3. The van der Waals surface area contributed by atoms with Crippen LogP contribution >= 0.6 is 0 Å². The van der Waals surface area contributed by atoms with E-state index in [1.165, 1.54) is 17.0 Å². The van der Waals surface area contributed by atoms with Crippen molar-refractivity contribution >= 4 is 17.5 Å². The second-order valence-corrected chi connectivity index (χ2v) is 7.89. The summed E-state index contributed by atoms with van der Waals surface area (Å²) in [6.45, 7) is 2.44. The molecule has 1 atom stereocenters. The zero-order chi connectivity index (χ0) is 23.8. The first kappa shape index (κ1) is 24.4. The van der Waals surface area contributed by atoms with Crippen LogP contribution < -0.4 is 4.74 Å². The van der Waals surface area contributed by atoms with Gasteiger partial charge in [0.2, 0.25) is 5.91 Å². The first-order chi connectivity index (χ1) is 16.0. The minimum atomic E-state index is -0.270. The maximum atomic E-state index is 13.4. The molecule has 0 radical (unpaired) electrons. The SMILES string of the molecule is COCCN(CC(=O)N1N=C(c2ccc(OC)cc2)CC1c1ccc(C)cc1)C(=O)COC. The molecule has 8 heteroatoms. The molecule has 0 saturated heterocycles. The fraction of sp³-hybridized carbons (Fsp3) is 0.400. The predicted molar refractivity (Wildman–Crippen MR) is 125 cm³/mol. The second kappa shape index (κ2) is 11.6. The maximum Gasteiger partial charge on any atom is 0.262 e. The molecule has 0 spiro atoms. The minimum Gasteiger partial charge on any atom is -0.497 e. The molecule has 2 amide bonds. The molecule has 3 rings (SSSR count). The lowest BCUT2D eigenvalue weighted by molar-refractivity contribution is -0.144. The van der Waals surface area contributed by atoms with Crippen LogP contribution in [0.4, 0.5) is 0 Å². The van der Waals surface area contributed by atoms with Crippen molar-refractivity contribution in [1.82, 2.24) is 9.91 Å². The number of benzene rings is 2. The fourth-order valence-corrected chi connectivity index (χ4v) is 3.69. The van der Waals surface area contributed by atoms with Gasteiger partial charge in [-0.1, -0.05) is 29.8 Å². The van der Waals surface area contributed by atoms with Gasteiger partial charge in [0.05, 0.1) is 25.5 Å². The third-order valence-electron chi connectivity index (χ3n) is 5.56. The number of aryl methyl sites for hydroxylation is 1. The first-order valence-electron chi connectivity index (χ1n) is 10.8. The van der Waals surface area contributed by atoms with Crippen LogP contribution in [-0.2, 0) is 19.1 Å². The van der Waals surface area contributed by atoms with Gasteiger partial charge in [-0.25, -0.2) is 5.01 Å². The highest BCUT2D eigenvalue weighted by atomic mass is 16.5. The number of ether oxygens (including phenoxy) is 3. The van der Waals surface area contributed by atoms with Gasteiger partial charge in [0.15, 0.2) is 0 Å². The van der Waals surface area contributed by atoms with Gasteiger partial charge in [-0.05, 0) is 42.3 Å². The van der Waals surface area contributed by atoms with E-state index in [4.69, 9.17) is 19.3 Å². The van der Waals surface area contributed by atoms with Gasteiger partial charge in [-0.3, -0.25) is 9.59 Å². The number of carbonyl (C=O) groups excluding carboxylic acids is 2. The monoisotopic (exact) mass is 453 g/mol. The Balaban J connectivity index is 1.88. The lowest BCUT2D eigenvalue weighted by Crippen LogP contribution is -2.44. The summed E-state index contributed by atoms with van der Waals surface area (Å²) in [6, 6.07) is 15.5. The molecular weight excluding hydrogens is 422 g/mol. The van der Waals surface area contributed by atoms with Crippen molar-refractivity contribution in [3.63, 3.8) is 0 Å². The Labute approximate surface area is 194 Å². The highest BCUT2D eigenvalue weighted by molar-refractivity contribution is 6.03. The van der Waals surface area contributed by atoms with Gasteiger partial charge in [0, 0.05) is 27.2 Å². The molecule has 0 bridgehead atoms. The molecule has 1 aliphatic heterocycles. The topological polar surface area (TPSA) is 80.7 Å². The normalized spacial score (nSPS) is 15.3. The molecule has 176 valence electrons. The van der Waals surface area contributed by atoms with Crippen LogP contribution in [0.3, 0.4) is 0 Å². The smallest absolute Gasteiger partial charge is 0.262 e. The Kier molecular flexibility index (Phi) is 8.57. The first-order valence-corrected chi connectivity index (χ1v) is 10.8. The third-order valence-corrected chi connectivity index (χ3v) is 5.56. The van der Waals surface area contributed by atoms with E-state index in [2.05, 4.69) is 0 Å². The molecule has 1 aliphatic rings. The standard InChI is InChI=1S/C25H31N3O5/c1-18-5-7-20(8-6-18)23-15-22(19-9-11-21(33-4)12-10-19)26-28(23)24(29)16-27(13-14-31-2)25(30)17-32-3/h5-12,23H,13-17H2,1-4H3. The fourth-order valence-electron chi connectivity index (χ4n) is 3.69. The van der Waals surface area contributed by atoms with E-state index < -0.39 is 0 Å². The average molecular weight is 454 g/mol. The van der Waals surface area contributed by atoms with Crippen molar-refractivity contribution in [2.45, 2.75) is 19.4 Å². The second-order valence-electron chi connectivity index (χ2n) is 7.89. The summed E-state index contributed by atoms with van der Waals surface area (Å²) in [7, 11) is 4.63. The summed E-state index contributed by atoms with van der Waals surface area (Å²) < 4.78 is 15.3. The molecule has 1 unspecified atom stereocenters. The summed E-state index contributed by atoms with van der Waals surface area (Å²) >= 11 is 0. The van der Waals surface area contributed by atoms with E-state index in [1.807, 2.05) is 55.5 Å². The van der Waals surface area contributed by atoms with Crippen LogP contribution in [0, 0.1) is 6.92 Å². The Morgan fingerprint density at radius 3 is 2.33 bits per heavy atom. The van der Waals surface area contributed by atoms with E-state index in [0.29, 0.717) is 19.6 Å². The number of carbonyl (C=O) groups is 2. The number of hydrazone groups is 1. The average Bonchev–Trinajstić information content (AvgIpc) is 3.28. The van der Waals surface area contributed by atoms with Gasteiger partial charge in [0.1, 0.15) is 18.9 Å². The molecule has 33 heavy (non-hydrogen) atoms. The molecule has 1 heterocycles. The number of hydrogen-bond donors (Lipinski definition) is 0. The van der Waals surface area contributed by atoms with Crippen LogP contribution in [0.5, 0.6) is 5.75 Å². The van der Waals surface area contributed by atoms with Crippen LogP contribution in [0.1, 0.15) is 29.2 Å². The molecule has 0 aromatic heterocycles. The number of rotatable bonds is 10. The molecule has 2 aromatic rings. The van der Waals surface area contributed by atoms with Gasteiger partial charge in [0.25, 0.3) is 5.91 Å². The summed E-state index contributed by atoms with van der Waals surface area (Å²) in [5, 5.41) is 6.20. The van der Waals surface area contributed by atoms with Crippen molar-refractivity contribution in [3.8, 4) is 5.75 Å². The number of methoxy groups -OCH3 is 3. The lowest BCUT2D eigenvalue weighted by atomic mass is 9.97. The molecule has 8 nitrogen and oxygen atoms in total. The molecular formula is C25H31N3O5. The Morgan fingerprint density at radius 2 is 1.73 bits per heavy atom. The van der Waals surface area contributed by atoms with Gasteiger partial charge in [-0.15, -0.1) is 0 Å². The summed E-state index contributed by atoms with van der Waals surface area (Å²) in [6.07, 6.45) is 0.575. The molecule has 0 saturated carbocycles. The van der Waals surface area contributed by atoms with E-state index in [9.17, 15) is 9.59 Å². The van der Waals surface area contributed by atoms with Gasteiger partial charge in [-0.2, -0.15) is 5.10 Å². The summed E-state index contributed by atoms with van der Waals surface area (Å²) in [5.41, 5.74) is 3.87. The van der Waals surface area contributed by atoms with Crippen LogP contribution in [0.15, 0.2) is 53.6 Å². The van der Waals surface area contributed by atoms with Crippen LogP contribution in [0.2, 0.25) is 0 Å². The Morgan fingerprint density at radius 1 is 1.03 bits per heavy atom. The Bertz CT molecular complexity index is 973. The zero-order valence-electron chi connectivity index (χ0n) is 19.6. The molecule has 0 N–H and O–H groups in total. The highest BCUT2D eigenvalue weighted by Crippen LogP contribution is 2.33. The van der Waals surface area contributed by atoms with E-state index in [0.717, 1.165) is 28.2 Å². The quantitative estimate of drug-likeness (QED) is 0.553. The highest BCUT2D eigenvalue weighted by Gasteiger charge is 2.34. The molecule has 0 fully saturated rings. The van der Waals surface area contributed by atoms with Gasteiger partial charge < -0.3 is 19.1 Å². The minimum absolute atomic E-state index is 0.0985. The van der Waals surface area contributed by atoms with E-state index in [1.54, 1.807) is 14.2 Å². The predicted octanol–water partition coefficient (Wildman–Crippen LogP) is 2.80. The molecule has 2 aromatic carbocycles. The maximum absolute atomic E-state index is 13.4. The largest absolute Gasteiger partial charge is 0.497 e. The third kappa shape index (κ3) is 6.18. The van der Waals surface area contributed by atoms with Crippen molar-refractivity contribution < 1.29 is 23.8 Å². The van der Waals surface area contributed by atoms with Crippen molar-refractivity contribution in [3.05, 3.63) is 65.2 Å². The lowest BCUT2D eigenvalue weighted by Gasteiger charge is -2.27. The molecule has 0 aliphatic carbocycles. The number of amides is 2. The van der Waals surface area contributed by atoms with E-state index >= 15 is 0 Å². The number of hydrogen-bond acceptors (Lipinski definition) is 6. The number of nitrogens with zero attached hydrogens (tertiary/aromatic N) is 3. The zero-order valence-corrected chi connectivity index (χ0v) is 19.6. The van der Waals surface area contributed by atoms with Crippen LogP contribution in [0.25, 0.3) is 0 Å².